The summed E-state index contributed by atoms with van der Waals surface area (Å²) in [5.74, 6) is 1.54. The van der Waals surface area contributed by atoms with Crippen LogP contribution in [-0.2, 0) is 19.4 Å². The highest BCUT2D eigenvalue weighted by Crippen LogP contribution is 2.22. The number of aromatic nitrogens is 2. The number of aryl methyl sites for hydroxylation is 1. The topological polar surface area (TPSA) is 37.8 Å². The Kier molecular flexibility index (Phi) is 4.11. The van der Waals surface area contributed by atoms with Gasteiger partial charge in [0.25, 0.3) is 0 Å². The number of nitrogens with zero attached hydrogens (tertiary/aromatic N) is 2. The lowest BCUT2D eigenvalue weighted by atomic mass is 9.98. The van der Waals surface area contributed by atoms with Crippen molar-refractivity contribution in [2.24, 2.45) is 0 Å². The van der Waals surface area contributed by atoms with Gasteiger partial charge < -0.3 is 5.32 Å². The van der Waals surface area contributed by atoms with Crippen molar-refractivity contribution >= 4 is 0 Å². The summed E-state index contributed by atoms with van der Waals surface area (Å²) in [4.78, 5) is 9.51. The summed E-state index contributed by atoms with van der Waals surface area (Å²) in [6, 6.07) is 0. The Balaban J connectivity index is 2.34. The number of unbranched alkanes of at least 4 members (excludes halogenated alkanes) is 1. The van der Waals surface area contributed by atoms with Gasteiger partial charge in [-0.25, -0.2) is 9.97 Å². The van der Waals surface area contributed by atoms with Crippen LogP contribution in [0.5, 0.6) is 0 Å². The first-order valence-corrected chi connectivity index (χ1v) is 6.81. The second-order valence-electron chi connectivity index (χ2n) is 5.14. The van der Waals surface area contributed by atoms with Crippen LogP contribution in [0.15, 0.2) is 0 Å². The Hall–Kier alpha value is -0.960. The molecule has 0 amide bonds. The second kappa shape index (κ2) is 5.58. The van der Waals surface area contributed by atoms with Crippen LogP contribution in [0, 0.1) is 0 Å². The zero-order chi connectivity index (χ0) is 12.3. The van der Waals surface area contributed by atoms with E-state index in [9.17, 15) is 0 Å². The fourth-order valence-corrected chi connectivity index (χ4v) is 2.35. The predicted octanol–water partition coefficient (Wildman–Crippen LogP) is 2.59. The minimum Gasteiger partial charge on any atom is -0.312 e. The normalized spacial score (nSPS) is 15.1. The summed E-state index contributed by atoms with van der Waals surface area (Å²) in [6.07, 6.45) is 4.47. The third-order valence-electron chi connectivity index (χ3n) is 3.31. The average molecular weight is 233 g/mol. The van der Waals surface area contributed by atoms with Crippen molar-refractivity contribution in [3.05, 3.63) is 22.8 Å². The van der Waals surface area contributed by atoms with Gasteiger partial charge in [-0.1, -0.05) is 27.2 Å². The van der Waals surface area contributed by atoms with Gasteiger partial charge >= 0.3 is 0 Å². The lowest BCUT2D eigenvalue weighted by Crippen LogP contribution is -2.27. The van der Waals surface area contributed by atoms with Crippen molar-refractivity contribution in [2.45, 2.75) is 58.9 Å². The van der Waals surface area contributed by atoms with E-state index in [1.807, 2.05) is 0 Å². The average Bonchev–Trinajstić information content (AvgIpc) is 2.35. The van der Waals surface area contributed by atoms with Crippen molar-refractivity contribution < 1.29 is 0 Å². The molecule has 1 aliphatic rings. The molecule has 0 aromatic carbocycles. The van der Waals surface area contributed by atoms with E-state index in [1.165, 1.54) is 29.8 Å². The van der Waals surface area contributed by atoms with Gasteiger partial charge in [-0.3, -0.25) is 0 Å². The summed E-state index contributed by atoms with van der Waals surface area (Å²) in [7, 11) is 0. The van der Waals surface area contributed by atoms with E-state index in [-0.39, 0.29) is 0 Å². The first-order valence-electron chi connectivity index (χ1n) is 6.81. The van der Waals surface area contributed by atoms with Crippen molar-refractivity contribution in [3.8, 4) is 0 Å². The third kappa shape index (κ3) is 2.83. The number of hydrogen-bond donors (Lipinski definition) is 1. The highest BCUT2D eigenvalue weighted by molar-refractivity contribution is 5.30. The number of rotatable bonds is 4. The molecule has 0 aliphatic carbocycles. The maximum atomic E-state index is 4.77. The van der Waals surface area contributed by atoms with Crippen LogP contribution in [-0.4, -0.2) is 16.5 Å². The van der Waals surface area contributed by atoms with E-state index in [1.54, 1.807) is 0 Å². The fourth-order valence-electron chi connectivity index (χ4n) is 2.35. The Morgan fingerprint density at radius 3 is 2.82 bits per heavy atom. The van der Waals surface area contributed by atoms with Gasteiger partial charge in [-0.2, -0.15) is 0 Å². The molecule has 0 atom stereocenters. The molecule has 0 bridgehead atoms. The molecule has 0 spiro atoms. The largest absolute Gasteiger partial charge is 0.312 e. The van der Waals surface area contributed by atoms with E-state index in [4.69, 9.17) is 9.97 Å². The molecule has 3 nitrogen and oxygen atoms in total. The van der Waals surface area contributed by atoms with Crippen molar-refractivity contribution in [2.75, 3.05) is 6.54 Å². The van der Waals surface area contributed by atoms with Gasteiger partial charge in [-0.15, -0.1) is 0 Å². The third-order valence-corrected chi connectivity index (χ3v) is 3.31. The highest BCUT2D eigenvalue weighted by Gasteiger charge is 2.18. The zero-order valence-electron chi connectivity index (χ0n) is 11.2. The second-order valence-corrected chi connectivity index (χ2v) is 5.14. The van der Waals surface area contributed by atoms with E-state index in [0.29, 0.717) is 5.92 Å². The molecule has 0 fully saturated rings. The Morgan fingerprint density at radius 1 is 1.29 bits per heavy atom. The molecule has 3 heteroatoms. The Labute approximate surface area is 104 Å². The van der Waals surface area contributed by atoms with Gasteiger partial charge in [0.05, 0.1) is 11.4 Å². The summed E-state index contributed by atoms with van der Waals surface area (Å²) in [6.45, 7) is 8.65. The quantitative estimate of drug-likeness (QED) is 0.868. The minimum absolute atomic E-state index is 0.493. The maximum Gasteiger partial charge on any atom is 0.128 e. The number of fused-ring (bicyclic) bond motifs is 1. The van der Waals surface area contributed by atoms with E-state index in [2.05, 4.69) is 26.1 Å². The smallest absolute Gasteiger partial charge is 0.128 e. The number of nitrogens with one attached hydrogen (secondary N) is 1. The monoisotopic (exact) mass is 233 g/mol. The van der Waals surface area contributed by atoms with Crippen LogP contribution in [0.4, 0.5) is 0 Å². The number of hydrogen-bond acceptors (Lipinski definition) is 3. The van der Waals surface area contributed by atoms with Gasteiger partial charge in [0.15, 0.2) is 0 Å². The van der Waals surface area contributed by atoms with Crippen LogP contribution < -0.4 is 5.32 Å². The van der Waals surface area contributed by atoms with Crippen molar-refractivity contribution in [1.29, 1.82) is 0 Å². The highest BCUT2D eigenvalue weighted by atomic mass is 15.0. The molecule has 1 aromatic heterocycles. The van der Waals surface area contributed by atoms with Gasteiger partial charge in [0.2, 0.25) is 0 Å². The first-order chi connectivity index (χ1) is 8.22. The molecule has 0 saturated heterocycles. The molecular formula is C14H23N3. The van der Waals surface area contributed by atoms with Gasteiger partial charge in [-0.05, 0) is 12.3 Å². The molecule has 17 heavy (non-hydrogen) atoms. The summed E-state index contributed by atoms with van der Waals surface area (Å²) >= 11 is 0. The molecule has 0 radical (unpaired) electrons. The molecule has 1 N–H and O–H groups in total. The molecule has 1 aliphatic heterocycles. The van der Waals surface area contributed by atoms with Gasteiger partial charge in [0.1, 0.15) is 5.82 Å². The maximum absolute atomic E-state index is 4.77. The van der Waals surface area contributed by atoms with E-state index < -0.39 is 0 Å². The molecule has 0 saturated carbocycles. The van der Waals surface area contributed by atoms with Crippen LogP contribution in [0.1, 0.15) is 62.3 Å². The predicted molar refractivity (Wildman–Crippen MR) is 70.1 cm³/mol. The summed E-state index contributed by atoms with van der Waals surface area (Å²) in [5.41, 5.74) is 3.90. The molecule has 0 unspecified atom stereocenters. The van der Waals surface area contributed by atoms with Crippen LogP contribution >= 0.6 is 0 Å². The zero-order valence-corrected chi connectivity index (χ0v) is 11.2. The first kappa shape index (κ1) is 12.5. The lowest BCUT2D eigenvalue weighted by molar-refractivity contribution is 0.596. The fraction of sp³-hybridized carbons (Fsp3) is 0.714. The molecule has 94 valence electrons. The minimum atomic E-state index is 0.493. The van der Waals surface area contributed by atoms with Crippen molar-refractivity contribution in [1.82, 2.24) is 15.3 Å². The lowest BCUT2D eigenvalue weighted by Gasteiger charge is -2.21. The van der Waals surface area contributed by atoms with Crippen LogP contribution in [0.2, 0.25) is 0 Å². The van der Waals surface area contributed by atoms with Crippen LogP contribution in [0.3, 0.4) is 0 Å². The molecule has 2 heterocycles. The molecule has 1 aromatic rings. The van der Waals surface area contributed by atoms with E-state index in [0.717, 1.165) is 31.8 Å². The SMILES string of the molecule is CCCCc1nc2c(c(C(C)C)n1)CNCC2. The molecule has 2 rings (SSSR count). The molecular weight excluding hydrogens is 210 g/mol. The van der Waals surface area contributed by atoms with E-state index >= 15 is 0 Å². The Bertz CT molecular complexity index is 385. The Morgan fingerprint density at radius 2 is 2.12 bits per heavy atom. The van der Waals surface area contributed by atoms with Gasteiger partial charge in [0, 0.05) is 31.5 Å². The summed E-state index contributed by atoms with van der Waals surface area (Å²) in [5, 5.41) is 3.42. The van der Waals surface area contributed by atoms with Crippen LogP contribution in [0.25, 0.3) is 0 Å². The standard InChI is InChI=1S/C14H23N3/c1-4-5-6-13-16-12-7-8-15-9-11(12)14(17-13)10(2)3/h10,15H,4-9H2,1-3H3. The van der Waals surface area contributed by atoms with Crippen molar-refractivity contribution in [3.63, 3.8) is 0 Å². The summed E-state index contributed by atoms with van der Waals surface area (Å²) < 4.78 is 0.